The highest BCUT2D eigenvalue weighted by Crippen LogP contribution is 2.41. The number of hydrogen-bond acceptors (Lipinski definition) is 0. The summed E-state index contributed by atoms with van der Waals surface area (Å²) >= 11 is 0. The van der Waals surface area contributed by atoms with Crippen LogP contribution >= 0.6 is 0 Å². The van der Waals surface area contributed by atoms with Crippen LogP contribution in [0.3, 0.4) is 0 Å². The first kappa shape index (κ1) is 32.4. The molecule has 0 N–H and O–H groups in total. The van der Waals surface area contributed by atoms with E-state index in [2.05, 4.69) is 203 Å². The highest BCUT2D eigenvalue weighted by molar-refractivity contribution is 6.25. The van der Waals surface area contributed by atoms with E-state index < -0.39 is 0 Å². The van der Waals surface area contributed by atoms with Crippen molar-refractivity contribution in [1.82, 2.24) is 9.13 Å². The number of terminal acetylenes is 1. The van der Waals surface area contributed by atoms with Crippen LogP contribution in [0.5, 0.6) is 0 Å². The largest absolute Gasteiger partial charge is 0.309 e. The molecule has 2 aromatic heterocycles. The van der Waals surface area contributed by atoms with Gasteiger partial charge in [-0.05, 0) is 127 Å². The molecule has 2 heterocycles. The molecule has 0 fully saturated rings. The zero-order chi connectivity index (χ0) is 38.3. The molecule has 12 rings (SSSR count). The molecule has 0 aliphatic rings. The average Bonchev–Trinajstić information content (AvgIpc) is 3.81. The fraction of sp³-hybridized carbons (Fsp3) is 0. The van der Waals surface area contributed by atoms with Crippen LogP contribution in [0.2, 0.25) is 0 Å². The molecule has 12 aromatic rings. The molecule has 2 nitrogen and oxygen atoms in total. The minimum Gasteiger partial charge on any atom is -0.309 e. The molecule has 0 aliphatic heterocycles. The van der Waals surface area contributed by atoms with Gasteiger partial charge in [-0.3, -0.25) is 0 Å². The normalized spacial score (nSPS) is 11.8. The van der Waals surface area contributed by atoms with Crippen molar-refractivity contribution in [2.24, 2.45) is 0 Å². The van der Waals surface area contributed by atoms with Gasteiger partial charge in [-0.2, -0.15) is 0 Å². The van der Waals surface area contributed by atoms with E-state index in [1.54, 1.807) is 0 Å². The van der Waals surface area contributed by atoms with Gasteiger partial charge in [0.1, 0.15) is 0 Å². The van der Waals surface area contributed by atoms with Gasteiger partial charge < -0.3 is 9.13 Å². The van der Waals surface area contributed by atoms with Crippen LogP contribution in [0, 0.1) is 12.3 Å². The molecule has 0 radical (unpaired) electrons. The van der Waals surface area contributed by atoms with Gasteiger partial charge in [-0.15, -0.1) is 6.42 Å². The van der Waals surface area contributed by atoms with Crippen molar-refractivity contribution in [3.63, 3.8) is 0 Å². The second kappa shape index (κ2) is 12.6. The summed E-state index contributed by atoms with van der Waals surface area (Å²) in [5.41, 5.74) is 12.6. The maximum absolute atomic E-state index is 5.64. The quantitative estimate of drug-likeness (QED) is 0.126. The van der Waals surface area contributed by atoms with Crippen LogP contribution < -0.4 is 0 Å². The molecular formula is C56H34N2. The summed E-state index contributed by atoms with van der Waals surface area (Å²) in [4.78, 5) is 0. The number of aromatic nitrogens is 2. The fourth-order valence-corrected chi connectivity index (χ4v) is 9.48. The van der Waals surface area contributed by atoms with Crippen molar-refractivity contribution in [2.75, 3.05) is 0 Å². The lowest BCUT2D eigenvalue weighted by atomic mass is 9.94. The highest BCUT2D eigenvalue weighted by Gasteiger charge is 2.17. The molecule has 2 heteroatoms. The first-order valence-electron chi connectivity index (χ1n) is 19.8. The van der Waals surface area contributed by atoms with Gasteiger partial charge in [-0.25, -0.2) is 0 Å². The Labute approximate surface area is 335 Å². The van der Waals surface area contributed by atoms with Crippen LogP contribution in [-0.4, -0.2) is 9.13 Å². The summed E-state index contributed by atoms with van der Waals surface area (Å²) in [6.45, 7) is 0. The van der Waals surface area contributed by atoms with E-state index in [9.17, 15) is 0 Å². The third kappa shape index (κ3) is 4.81. The maximum atomic E-state index is 5.64. The van der Waals surface area contributed by atoms with Gasteiger partial charge in [0.15, 0.2) is 0 Å². The van der Waals surface area contributed by atoms with Crippen molar-refractivity contribution in [2.45, 2.75) is 0 Å². The van der Waals surface area contributed by atoms with E-state index in [0.29, 0.717) is 0 Å². The molecular weight excluding hydrogens is 701 g/mol. The molecule has 10 aromatic carbocycles. The number of benzene rings is 10. The predicted molar refractivity (Wildman–Crippen MR) is 246 cm³/mol. The van der Waals surface area contributed by atoms with E-state index >= 15 is 0 Å². The Morgan fingerprint density at radius 3 is 1.26 bits per heavy atom. The van der Waals surface area contributed by atoms with Crippen molar-refractivity contribution in [3.05, 3.63) is 206 Å². The van der Waals surface area contributed by atoms with Crippen LogP contribution in [-0.2, 0) is 0 Å². The lowest BCUT2D eigenvalue weighted by Crippen LogP contribution is -1.95. The first-order chi connectivity index (χ1) is 28.7. The molecule has 58 heavy (non-hydrogen) atoms. The number of rotatable bonds is 4. The standard InChI is InChI=1S/C56H34N2/c1-2-36-22-24-37(25-23-36)38-12-11-13-41(32-38)57-53-20-9-7-18-48(53)51-33-39(26-30-55(51)57)40-27-31-56-52(34-40)49-19-8-10-21-54(49)58(56)42-28-29-47-45-16-4-3-14-43(45)44-15-5-6-17-46(44)50(47)35-42/h1,3-35H. The minimum absolute atomic E-state index is 0.885. The molecule has 0 amide bonds. The van der Waals surface area contributed by atoms with Gasteiger partial charge in [0.25, 0.3) is 0 Å². The second-order valence-corrected chi connectivity index (χ2v) is 15.3. The van der Waals surface area contributed by atoms with Gasteiger partial charge in [0.2, 0.25) is 0 Å². The highest BCUT2D eigenvalue weighted by atomic mass is 15.0. The summed E-state index contributed by atoms with van der Waals surface area (Å²) in [7, 11) is 0. The molecule has 0 saturated heterocycles. The summed E-state index contributed by atoms with van der Waals surface area (Å²) < 4.78 is 4.83. The predicted octanol–water partition coefficient (Wildman–Crippen LogP) is 14.7. The summed E-state index contributed by atoms with van der Waals surface area (Å²) in [5, 5.41) is 12.6. The Balaban J connectivity index is 1.01. The van der Waals surface area contributed by atoms with Gasteiger partial charge >= 0.3 is 0 Å². The van der Waals surface area contributed by atoms with E-state index in [1.807, 2.05) is 12.1 Å². The molecule has 0 bridgehead atoms. The molecule has 0 atom stereocenters. The molecule has 0 unspecified atom stereocenters. The van der Waals surface area contributed by atoms with Crippen molar-refractivity contribution < 1.29 is 0 Å². The number of para-hydroxylation sites is 2. The summed E-state index contributed by atoms with van der Waals surface area (Å²) in [5.74, 6) is 2.73. The monoisotopic (exact) mass is 734 g/mol. The third-order valence-corrected chi connectivity index (χ3v) is 12.2. The number of nitrogens with zero attached hydrogens (tertiary/aromatic N) is 2. The average molecular weight is 735 g/mol. The zero-order valence-corrected chi connectivity index (χ0v) is 31.5. The number of hydrogen-bond donors (Lipinski definition) is 0. The van der Waals surface area contributed by atoms with E-state index in [-0.39, 0.29) is 0 Å². The second-order valence-electron chi connectivity index (χ2n) is 15.3. The van der Waals surface area contributed by atoms with Crippen molar-refractivity contribution in [1.29, 1.82) is 0 Å². The fourth-order valence-electron chi connectivity index (χ4n) is 9.48. The molecule has 0 saturated carbocycles. The lowest BCUT2D eigenvalue weighted by Gasteiger charge is -2.14. The van der Waals surface area contributed by atoms with E-state index in [1.165, 1.54) is 87.1 Å². The van der Waals surface area contributed by atoms with Gasteiger partial charge in [0, 0.05) is 38.5 Å². The third-order valence-electron chi connectivity index (χ3n) is 12.2. The molecule has 0 spiro atoms. The van der Waals surface area contributed by atoms with E-state index in [4.69, 9.17) is 6.42 Å². The van der Waals surface area contributed by atoms with Crippen LogP contribution in [0.1, 0.15) is 5.56 Å². The topological polar surface area (TPSA) is 9.86 Å². The maximum Gasteiger partial charge on any atom is 0.0541 e. The van der Waals surface area contributed by atoms with E-state index in [0.717, 1.165) is 28.1 Å². The Morgan fingerprint density at radius 1 is 0.276 bits per heavy atom. The summed E-state index contributed by atoms with van der Waals surface area (Å²) in [6.07, 6.45) is 5.64. The summed E-state index contributed by atoms with van der Waals surface area (Å²) in [6, 6.07) is 73.0. The van der Waals surface area contributed by atoms with Crippen molar-refractivity contribution in [3.8, 4) is 46.0 Å². The Kier molecular flexibility index (Phi) is 7.03. The Morgan fingerprint density at radius 2 is 0.707 bits per heavy atom. The lowest BCUT2D eigenvalue weighted by molar-refractivity contribution is 1.18. The SMILES string of the molecule is C#Cc1ccc(-c2cccc(-n3c4ccccc4c4cc(-c5ccc6c(c5)c5ccccc5n6-c5ccc6c7ccccc7c7ccccc7c6c5)ccc43)c2)cc1. The zero-order valence-electron chi connectivity index (χ0n) is 31.5. The van der Waals surface area contributed by atoms with Gasteiger partial charge in [0.05, 0.1) is 22.1 Å². The van der Waals surface area contributed by atoms with Crippen LogP contribution in [0.4, 0.5) is 0 Å². The number of fused-ring (bicyclic) bond motifs is 12. The minimum atomic E-state index is 0.885. The first-order valence-corrected chi connectivity index (χ1v) is 19.8. The Hall–Kier alpha value is -7.86. The van der Waals surface area contributed by atoms with Gasteiger partial charge in [-0.1, -0.05) is 133 Å². The van der Waals surface area contributed by atoms with Crippen LogP contribution in [0.25, 0.3) is 110 Å². The molecule has 0 aliphatic carbocycles. The van der Waals surface area contributed by atoms with Crippen LogP contribution in [0.15, 0.2) is 200 Å². The Bertz CT molecular complexity index is 3650. The molecule has 268 valence electrons. The van der Waals surface area contributed by atoms with Crippen molar-refractivity contribution >= 4 is 75.9 Å². The smallest absolute Gasteiger partial charge is 0.0541 e.